The van der Waals surface area contributed by atoms with Crippen molar-refractivity contribution < 1.29 is 42.5 Å². The fourth-order valence-corrected chi connectivity index (χ4v) is 0.642. The van der Waals surface area contributed by atoms with Gasteiger partial charge in [0.2, 0.25) is 0 Å². The van der Waals surface area contributed by atoms with E-state index in [1.807, 2.05) is 0 Å². The first-order valence-corrected chi connectivity index (χ1v) is 3.66. The molecule has 0 heterocycles. The van der Waals surface area contributed by atoms with E-state index >= 15 is 0 Å². The Morgan fingerprint density at radius 3 is 2.11 bits per heavy atom. The molecule has 0 bridgehead atoms. The molecule has 5 heteroatoms. The Hall–Kier alpha value is 0.650. The fourth-order valence-electron chi connectivity index (χ4n) is 0.214. The zero-order chi connectivity index (χ0) is 6.62. The molecule has 0 saturated heterocycles. The predicted molar refractivity (Wildman–Crippen MR) is 29.1 cm³/mol. The molecule has 0 aliphatic rings. The zero-order valence-electron chi connectivity index (χ0n) is 5.49. The van der Waals surface area contributed by atoms with Gasteiger partial charge in [-0.25, -0.2) is 8.42 Å². The molecular formula is C4H7NaO3S. The van der Waals surface area contributed by atoms with Gasteiger partial charge in [-0.05, 0) is 6.42 Å². The van der Waals surface area contributed by atoms with Crippen LogP contribution in [0, 0.1) is 0 Å². The van der Waals surface area contributed by atoms with Crippen LogP contribution in [0.3, 0.4) is 0 Å². The fraction of sp³-hybridized carbons (Fsp3) is 0.500. The van der Waals surface area contributed by atoms with Gasteiger partial charge in [-0.3, -0.25) is 0 Å². The third-order valence-corrected chi connectivity index (χ3v) is 1.02. The molecule has 0 rings (SSSR count). The van der Waals surface area contributed by atoms with Crippen molar-refractivity contribution in [3.05, 3.63) is 11.5 Å². The first-order valence-electron chi connectivity index (χ1n) is 2.18. The standard InChI is InChI=1S/C4H8O3S.Na/c1-2-3-4-8(5,6)7;/h3-4H,2H2,1H3,(H,5,6,7);/q;+1/p-1/b4-3+;. The molecule has 0 N–H and O–H groups in total. The number of hydrogen-bond acceptors (Lipinski definition) is 3. The van der Waals surface area contributed by atoms with Gasteiger partial charge in [-0.2, -0.15) is 0 Å². The van der Waals surface area contributed by atoms with Gasteiger partial charge in [0.1, 0.15) is 10.1 Å². The summed E-state index contributed by atoms with van der Waals surface area (Å²) in [4.78, 5) is 0. The quantitative estimate of drug-likeness (QED) is 0.328. The average molecular weight is 158 g/mol. The van der Waals surface area contributed by atoms with E-state index in [0.717, 1.165) is 0 Å². The normalized spacial score (nSPS) is 11.3. The third kappa shape index (κ3) is 12.0. The maximum atomic E-state index is 9.75. The van der Waals surface area contributed by atoms with Gasteiger partial charge in [0, 0.05) is 5.41 Å². The van der Waals surface area contributed by atoms with Crippen molar-refractivity contribution in [1.82, 2.24) is 0 Å². The topological polar surface area (TPSA) is 57.2 Å². The molecular weight excluding hydrogens is 151 g/mol. The molecule has 0 saturated carbocycles. The summed E-state index contributed by atoms with van der Waals surface area (Å²) in [5.41, 5.74) is 0. The Balaban J connectivity index is 0. The maximum Gasteiger partial charge on any atom is 1.00 e. The van der Waals surface area contributed by atoms with Crippen LogP contribution in [0.15, 0.2) is 11.5 Å². The molecule has 0 fully saturated rings. The summed E-state index contributed by atoms with van der Waals surface area (Å²) in [5.74, 6) is 0. The minimum Gasteiger partial charge on any atom is -0.744 e. The van der Waals surface area contributed by atoms with Gasteiger partial charge >= 0.3 is 29.6 Å². The van der Waals surface area contributed by atoms with E-state index in [1.54, 1.807) is 6.92 Å². The van der Waals surface area contributed by atoms with Crippen LogP contribution in [-0.4, -0.2) is 13.0 Å². The molecule has 0 aromatic rings. The zero-order valence-corrected chi connectivity index (χ0v) is 8.31. The van der Waals surface area contributed by atoms with Crippen molar-refractivity contribution in [1.29, 1.82) is 0 Å². The Morgan fingerprint density at radius 1 is 1.56 bits per heavy atom. The maximum absolute atomic E-state index is 9.75. The first kappa shape index (κ1) is 12.3. The number of hydrogen-bond donors (Lipinski definition) is 0. The van der Waals surface area contributed by atoms with Crippen molar-refractivity contribution in [3.63, 3.8) is 0 Å². The summed E-state index contributed by atoms with van der Waals surface area (Å²) in [5, 5.41) is 0.660. The molecule has 0 aliphatic carbocycles. The summed E-state index contributed by atoms with van der Waals surface area (Å²) in [6.07, 6.45) is 1.88. The van der Waals surface area contributed by atoms with Gasteiger partial charge in [0.25, 0.3) is 0 Å². The van der Waals surface area contributed by atoms with Crippen molar-refractivity contribution in [2.75, 3.05) is 0 Å². The van der Waals surface area contributed by atoms with Crippen LogP contribution in [0.1, 0.15) is 13.3 Å². The van der Waals surface area contributed by atoms with E-state index in [9.17, 15) is 13.0 Å². The van der Waals surface area contributed by atoms with Crippen LogP contribution < -0.4 is 29.6 Å². The van der Waals surface area contributed by atoms with E-state index in [4.69, 9.17) is 0 Å². The second-order valence-corrected chi connectivity index (χ2v) is 2.53. The second kappa shape index (κ2) is 5.44. The van der Waals surface area contributed by atoms with Crippen LogP contribution in [0.5, 0.6) is 0 Å². The molecule has 0 radical (unpaired) electrons. The van der Waals surface area contributed by atoms with Gasteiger partial charge in [-0.1, -0.05) is 13.0 Å². The van der Waals surface area contributed by atoms with E-state index in [2.05, 4.69) is 0 Å². The summed E-state index contributed by atoms with van der Waals surface area (Å²) in [6, 6.07) is 0. The molecule has 0 spiro atoms. The van der Waals surface area contributed by atoms with Crippen LogP contribution in [-0.2, 0) is 10.1 Å². The minimum absolute atomic E-state index is 0. The minimum atomic E-state index is -4.12. The molecule has 0 aliphatic heterocycles. The summed E-state index contributed by atoms with van der Waals surface area (Å²) >= 11 is 0. The summed E-state index contributed by atoms with van der Waals surface area (Å²) in [7, 11) is -4.12. The second-order valence-electron chi connectivity index (χ2n) is 1.27. The third-order valence-electron chi connectivity index (χ3n) is 0.499. The molecule has 0 aromatic heterocycles. The van der Waals surface area contributed by atoms with Crippen LogP contribution in [0.2, 0.25) is 0 Å². The molecule has 0 unspecified atom stereocenters. The average Bonchev–Trinajstić information content (AvgIpc) is 1.59. The van der Waals surface area contributed by atoms with E-state index in [1.165, 1.54) is 6.08 Å². The molecule has 9 heavy (non-hydrogen) atoms. The smallest absolute Gasteiger partial charge is 0.744 e. The molecule has 48 valence electrons. The van der Waals surface area contributed by atoms with Crippen LogP contribution in [0.4, 0.5) is 0 Å². The van der Waals surface area contributed by atoms with Gasteiger partial charge in [-0.15, -0.1) is 0 Å². The Labute approximate surface area is 77.2 Å². The van der Waals surface area contributed by atoms with Gasteiger partial charge < -0.3 is 4.55 Å². The molecule has 3 nitrogen and oxygen atoms in total. The predicted octanol–water partition coefficient (Wildman–Crippen LogP) is -2.54. The van der Waals surface area contributed by atoms with E-state index in [0.29, 0.717) is 11.8 Å². The number of allylic oxidation sites excluding steroid dienone is 1. The van der Waals surface area contributed by atoms with Crippen LogP contribution >= 0.6 is 0 Å². The van der Waals surface area contributed by atoms with Gasteiger partial charge in [0.15, 0.2) is 0 Å². The van der Waals surface area contributed by atoms with Gasteiger partial charge in [0.05, 0.1) is 0 Å². The Morgan fingerprint density at radius 2 is 2.00 bits per heavy atom. The molecule has 0 amide bonds. The van der Waals surface area contributed by atoms with Crippen molar-refractivity contribution in [2.24, 2.45) is 0 Å². The SMILES string of the molecule is CC/C=C/S(=O)(=O)[O-].[Na+]. The van der Waals surface area contributed by atoms with E-state index in [-0.39, 0.29) is 29.6 Å². The summed E-state index contributed by atoms with van der Waals surface area (Å²) in [6.45, 7) is 1.75. The molecule has 0 atom stereocenters. The van der Waals surface area contributed by atoms with Crippen molar-refractivity contribution in [2.45, 2.75) is 13.3 Å². The molecule has 0 aromatic carbocycles. The van der Waals surface area contributed by atoms with Crippen LogP contribution in [0.25, 0.3) is 0 Å². The monoisotopic (exact) mass is 158 g/mol. The van der Waals surface area contributed by atoms with Crippen molar-refractivity contribution >= 4 is 10.1 Å². The van der Waals surface area contributed by atoms with Crippen molar-refractivity contribution in [3.8, 4) is 0 Å². The summed E-state index contributed by atoms with van der Waals surface area (Å²) < 4.78 is 29.2. The van der Waals surface area contributed by atoms with E-state index < -0.39 is 10.1 Å². The first-order chi connectivity index (χ1) is 3.56. The Kier molecular flexibility index (Phi) is 7.45. The Bertz CT molecular complexity index is 170. The largest absolute Gasteiger partial charge is 1.00 e. The number of rotatable bonds is 2.